The van der Waals surface area contributed by atoms with Gasteiger partial charge in [-0.15, -0.1) is 0 Å². The number of aromatic amines is 1. The smallest absolute Gasteiger partial charge is 0.0470 e. The van der Waals surface area contributed by atoms with E-state index in [1.807, 2.05) is 0 Å². The first kappa shape index (κ1) is 9.43. The van der Waals surface area contributed by atoms with Gasteiger partial charge in [-0.25, -0.2) is 0 Å². The number of halogens is 1. The number of hydrogen-bond donors (Lipinski definition) is 2. The van der Waals surface area contributed by atoms with Gasteiger partial charge < -0.3 is 10.3 Å². The molecule has 2 N–H and O–H groups in total. The number of fused-ring (bicyclic) bond motifs is 3. The maximum Gasteiger partial charge on any atom is 0.0470 e. The minimum atomic E-state index is 0.583. The highest BCUT2D eigenvalue weighted by Crippen LogP contribution is 2.31. The Bertz CT molecular complexity index is 516. The van der Waals surface area contributed by atoms with Gasteiger partial charge in [-0.3, -0.25) is 0 Å². The van der Waals surface area contributed by atoms with Gasteiger partial charge in [0, 0.05) is 40.1 Å². The number of hydrogen-bond acceptors (Lipinski definition) is 1. The van der Waals surface area contributed by atoms with Crippen molar-refractivity contribution in [2.24, 2.45) is 0 Å². The van der Waals surface area contributed by atoms with Gasteiger partial charge in [-0.2, -0.15) is 0 Å². The molecule has 0 saturated heterocycles. The SMILES string of the molecule is CC1CNCc2c1[nH]c1cc(Br)ccc21. The van der Waals surface area contributed by atoms with Crippen LogP contribution in [0.4, 0.5) is 0 Å². The highest BCUT2D eigenvalue weighted by Gasteiger charge is 2.20. The molecule has 2 nitrogen and oxygen atoms in total. The van der Waals surface area contributed by atoms with Gasteiger partial charge in [0.15, 0.2) is 0 Å². The van der Waals surface area contributed by atoms with Crippen molar-refractivity contribution in [2.45, 2.75) is 19.4 Å². The second-order valence-corrected chi connectivity index (χ2v) is 5.15. The van der Waals surface area contributed by atoms with Gasteiger partial charge in [0.1, 0.15) is 0 Å². The van der Waals surface area contributed by atoms with E-state index in [0.717, 1.165) is 17.6 Å². The fraction of sp³-hybridized carbons (Fsp3) is 0.333. The normalized spacial score (nSPS) is 20.5. The molecule has 0 spiro atoms. The lowest BCUT2D eigenvalue weighted by Gasteiger charge is -2.19. The Kier molecular flexibility index (Phi) is 2.11. The molecule has 0 saturated carbocycles. The van der Waals surface area contributed by atoms with Gasteiger partial charge in [0.05, 0.1) is 0 Å². The highest BCUT2D eigenvalue weighted by molar-refractivity contribution is 9.10. The summed E-state index contributed by atoms with van der Waals surface area (Å²) in [7, 11) is 0. The molecule has 1 aliphatic rings. The topological polar surface area (TPSA) is 27.8 Å². The van der Waals surface area contributed by atoms with Crippen molar-refractivity contribution in [3.63, 3.8) is 0 Å². The summed E-state index contributed by atoms with van der Waals surface area (Å²) in [5.74, 6) is 0.583. The molecule has 0 fully saturated rings. The van der Waals surface area contributed by atoms with E-state index in [2.05, 4.69) is 51.4 Å². The molecule has 1 aliphatic heterocycles. The molecule has 3 heteroatoms. The van der Waals surface area contributed by atoms with E-state index in [1.165, 1.54) is 22.2 Å². The average molecular weight is 265 g/mol. The van der Waals surface area contributed by atoms with Crippen LogP contribution >= 0.6 is 15.9 Å². The van der Waals surface area contributed by atoms with Gasteiger partial charge in [0.2, 0.25) is 0 Å². The fourth-order valence-electron chi connectivity index (χ4n) is 2.38. The summed E-state index contributed by atoms with van der Waals surface area (Å²) < 4.78 is 1.13. The number of H-pyrrole nitrogens is 1. The van der Waals surface area contributed by atoms with E-state index >= 15 is 0 Å². The van der Waals surface area contributed by atoms with E-state index in [1.54, 1.807) is 0 Å². The van der Waals surface area contributed by atoms with Crippen molar-refractivity contribution >= 4 is 26.8 Å². The first-order chi connectivity index (χ1) is 7.25. The fourth-order valence-corrected chi connectivity index (χ4v) is 2.74. The maximum atomic E-state index is 3.54. The van der Waals surface area contributed by atoms with Crippen LogP contribution in [0.1, 0.15) is 24.1 Å². The zero-order chi connectivity index (χ0) is 10.4. The summed E-state index contributed by atoms with van der Waals surface area (Å²) in [6, 6.07) is 6.45. The molecule has 3 rings (SSSR count). The van der Waals surface area contributed by atoms with Crippen LogP contribution in [0, 0.1) is 0 Å². The molecule has 1 aromatic heterocycles. The standard InChI is InChI=1S/C12H13BrN2/c1-7-5-14-6-10-9-3-2-8(13)4-11(9)15-12(7)10/h2-4,7,14-15H,5-6H2,1H3. The number of rotatable bonds is 0. The maximum absolute atomic E-state index is 3.54. The van der Waals surface area contributed by atoms with Crippen LogP contribution in [-0.2, 0) is 6.54 Å². The van der Waals surface area contributed by atoms with Gasteiger partial charge in [0.25, 0.3) is 0 Å². The lowest BCUT2D eigenvalue weighted by Crippen LogP contribution is -2.26. The third-order valence-corrected chi connectivity index (χ3v) is 3.64. The van der Waals surface area contributed by atoms with Crippen LogP contribution in [-0.4, -0.2) is 11.5 Å². The third kappa shape index (κ3) is 1.42. The second-order valence-electron chi connectivity index (χ2n) is 4.24. The Labute approximate surface area is 97.2 Å². The number of benzene rings is 1. The molecule has 2 aromatic rings. The largest absolute Gasteiger partial charge is 0.358 e. The zero-order valence-electron chi connectivity index (χ0n) is 8.60. The molecule has 1 unspecified atom stereocenters. The molecular weight excluding hydrogens is 252 g/mol. The van der Waals surface area contributed by atoms with Crippen LogP contribution in [0.25, 0.3) is 10.9 Å². The van der Waals surface area contributed by atoms with Crippen molar-refractivity contribution in [1.82, 2.24) is 10.3 Å². The first-order valence-electron chi connectivity index (χ1n) is 5.26. The number of aromatic nitrogens is 1. The summed E-state index contributed by atoms with van der Waals surface area (Å²) in [6.07, 6.45) is 0. The van der Waals surface area contributed by atoms with Crippen LogP contribution in [0.5, 0.6) is 0 Å². The Morgan fingerprint density at radius 2 is 2.27 bits per heavy atom. The van der Waals surface area contributed by atoms with E-state index < -0.39 is 0 Å². The quantitative estimate of drug-likeness (QED) is 0.752. The van der Waals surface area contributed by atoms with Gasteiger partial charge in [-0.1, -0.05) is 28.9 Å². The number of nitrogens with one attached hydrogen (secondary N) is 2. The Balaban J connectivity index is 2.30. The van der Waals surface area contributed by atoms with E-state index in [0.29, 0.717) is 5.92 Å². The van der Waals surface area contributed by atoms with Crippen molar-refractivity contribution in [1.29, 1.82) is 0 Å². The van der Waals surface area contributed by atoms with Crippen molar-refractivity contribution in [3.8, 4) is 0 Å². The Morgan fingerprint density at radius 3 is 3.13 bits per heavy atom. The van der Waals surface area contributed by atoms with Crippen LogP contribution < -0.4 is 5.32 Å². The highest BCUT2D eigenvalue weighted by atomic mass is 79.9. The summed E-state index contributed by atoms with van der Waals surface area (Å²) in [5, 5.41) is 4.81. The summed E-state index contributed by atoms with van der Waals surface area (Å²) in [5.41, 5.74) is 4.09. The van der Waals surface area contributed by atoms with E-state index in [4.69, 9.17) is 0 Å². The molecule has 2 heterocycles. The molecule has 1 aromatic carbocycles. The molecule has 78 valence electrons. The minimum absolute atomic E-state index is 0.583. The predicted molar refractivity (Wildman–Crippen MR) is 66.1 cm³/mol. The molecule has 0 bridgehead atoms. The minimum Gasteiger partial charge on any atom is -0.358 e. The molecule has 0 aliphatic carbocycles. The monoisotopic (exact) mass is 264 g/mol. The molecule has 0 amide bonds. The van der Waals surface area contributed by atoms with Crippen molar-refractivity contribution in [3.05, 3.63) is 33.9 Å². The molecule has 0 radical (unpaired) electrons. The van der Waals surface area contributed by atoms with Gasteiger partial charge in [-0.05, 0) is 17.7 Å². The lowest BCUT2D eigenvalue weighted by molar-refractivity contribution is 0.565. The first-order valence-corrected chi connectivity index (χ1v) is 6.05. The van der Waals surface area contributed by atoms with Crippen LogP contribution in [0.15, 0.2) is 22.7 Å². The van der Waals surface area contributed by atoms with E-state index in [-0.39, 0.29) is 0 Å². The Hall–Kier alpha value is -0.800. The van der Waals surface area contributed by atoms with E-state index in [9.17, 15) is 0 Å². The molecule has 1 atom stereocenters. The lowest BCUT2D eigenvalue weighted by atomic mass is 9.98. The summed E-state index contributed by atoms with van der Waals surface area (Å²) >= 11 is 3.51. The zero-order valence-corrected chi connectivity index (χ0v) is 10.2. The molecule has 15 heavy (non-hydrogen) atoms. The van der Waals surface area contributed by atoms with Gasteiger partial charge >= 0.3 is 0 Å². The predicted octanol–water partition coefficient (Wildman–Crippen LogP) is 3.14. The molecular formula is C12H13BrN2. The van der Waals surface area contributed by atoms with Crippen molar-refractivity contribution in [2.75, 3.05) is 6.54 Å². The summed E-state index contributed by atoms with van der Waals surface area (Å²) in [6.45, 7) is 4.32. The Morgan fingerprint density at radius 1 is 1.40 bits per heavy atom. The third-order valence-electron chi connectivity index (χ3n) is 3.15. The van der Waals surface area contributed by atoms with Crippen molar-refractivity contribution < 1.29 is 0 Å². The second kappa shape index (κ2) is 3.35. The van der Waals surface area contributed by atoms with Crippen LogP contribution in [0.3, 0.4) is 0 Å². The summed E-state index contributed by atoms with van der Waals surface area (Å²) in [4.78, 5) is 3.54. The van der Waals surface area contributed by atoms with Crippen LogP contribution in [0.2, 0.25) is 0 Å². The average Bonchev–Trinajstić information content (AvgIpc) is 2.57.